The van der Waals surface area contributed by atoms with Gasteiger partial charge in [-0.3, -0.25) is 0 Å². The number of halogens is 1. The molecule has 1 nitrogen and oxygen atoms in total. The molecule has 15 heavy (non-hydrogen) atoms. The summed E-state index contributed by atoms with van der Waals surface area (Å²) in [7, 11) is 0. The standard InChI is InChI=1S/C13H18FN/c1-9-7-13(8-9)15-10(2)11-3-5-12(14)6-4-11/h3-6,9-10,13,15H,7-8H2,1-2H3. The first-order valence-corrected chi connectivity index (χ1v) is 5.66. The molecular weight excluding hydrogens is 189 g/mol. The first-order chi connectivity index (χ1) is 7.15. The van der Waals surface area contributed by atoms with Gasteiger partial charge in [0.05, 0.1) is 0 Å². The van der Waals surface area contributed by atoms with E-state index in [4.69, 9.17) is 0 Å². The van der Waals surface area contributed by atoms with Crippen LogP contribution in [-0.2, 0) is 0 Å². The molecule has 1 saturated carbocycles. The minimum absolute atomic E-state index is 0.164. The summed E-state index contributed by atoms with van der Waals surface area (Å²) in [5.74, 6) is 0.700. The second-order valence-electron chi connectivity index (χ2n) is 4.71. The Balaban J connectivity index is 1.90. The Hall–Kier alpha value is -0.890. The normalized spacial score (nSPS) is 27.1. The predicted molar refractivity (Wildman–Crippen MR) is 60.1 cm³/mol. The molecule has 0 spiro atoms. The molecular formula is C13H18FN. The summed E-state index contributed by atoms with van der Waals surface area (Å²) in [5, 5.41) is 3.56. The van der Waals surface area contributed by atoms with Gasteiger partial charge in [-0.15, -0.1) is 0 Å². The first kappa shape index (κ1) is 10.6. The van der Waals surface area contributed by atoms with Crippen molar-refractivity contribution >= 4 is 0 Å². The lowest BCUT2D eigenvalue weighted by Gasteiger charge is -2.35. The maximum Gasteiger partial charge on any atom is 0.123 e. The summed E-state index contributed by atoms with van der Waals surface area (Å²) in [6, 6.07) is 7.74. The molecule has 1 unspecified atom stereocenters. The number of benzene rings is 1. The molecule has 1 aliphatic carbocycles. The van der Waals surface area contributed by atoms with Crippen molar-refractivity contribution in [3.8, 4) is 0 Å². The molecule has 1 N–H and O–H groups in total. The number of rotatable bonds is 3. The maximum atomic E-state index is 12.7. The first-order valence-electron chi connectivity index (χ1n) is 5.66. The molecule has 0 radical (unpaired) electrons. The third-order valence-corrected chi connectivity index (χ3v) is 3.23. The molecule has 2 heteroatoms. The van der Waals surface area contributed by atoms with Crippen molar-refractivity contribution < 1.29 is 4.39 Å². The summed E-state index contributed by atoms with van der Waals surface area (Å²) in [4.78, 5) is 0. The van der Waals surface area contributed by atoms with Crippen LogP contribution >= 0.6 is 0 Å². The Labute approximate surface area is 90.7 Å². The van der Waals surface area contributed by atoms with Gasteiger partial charge in [-0.25, -0.2) is 4.39 Å². The van der Waals surface area contributed by atoms with E-state index in [0.717, 1.165) is 11.5 Å². The Morgan fingerprint density at radius 3 is 2.40 bits per heavy atom. The average Bonchev–Trinajstić information content (AvgIpc) is 2.16. The fourth-order valence-corrected chi connectivity index (χ4v) is 2.24. The van der Waals surface area contributed by atoms with Gasteiger partial charge in [0.1, 0.15) is 5.82 Å². The molecule has 0 saturated heterocycles. The third-order valence-electron chi connectivity index (χ3n) is 3.23. The highest BCUT2D eigenvalue weighted by Crippen LogP contribution is 2.28. The van der Waals surface area contributed by atoms with E-state index in [1.807, 2.05) is 12.1 Å². The molecule has 1 fully saturated rings. The lowest BCUT2D eigenvalue weighted by Crippen LogP contribution is -2.41. The fraction of sp³-hybridized carbons (Fsp3) is 0.538. The molecule has 1 aromatic rings. The minimum Gasteiger partial charge on any atom is -0.307 e. The van der Waals surface area contributed by atoms with E-state index in [-0.39, 0.29) is 5.82 Å². The van der Waals surface area contributed by atoms with E-state index in [0.29, 0.717) is 12.1 Å². The van der Waals surface area contributed by atoms with Crippen molar-refractivity contribution in [1.82, 2.24) is 5.32 Å². The van der Waals surface area contributed by atoms with E-state index < -0.39 is 0 Å². The van der Waals surface area contributed by atoms with Crippen LogP contribution in [0.4, 0.5) is 4.39 Å². The molecule has 1 atom stereocenters. The molecule has 2 rings (SSSR count). The Bertz CT molecular complexity index is 314. The van der Waals surface area contributed by atoms with Crippen LogP contribution in [0.1, 0.15) is 38.3 Å². The molecule has 82 valence electrons. The maximum absolute atomic E-state index is 12.7. The molecule has 0 bridgehead atoms. The van der Waals surface area contributed by atoms with E-state index in [1.54, 1.807) is 0 Å². The van der Waals surface area contributed by atoms with Crippen LogP contribution in [0.25, 0.3) is 0 Å². The zero-order valence-corrected chi connectivity index (χ0v) is 9.33. The van der Waals surface area contributed by atoms with Gasteiger partial charge >= 0.3 is 0 Å². The van der Waals surface area contributed by atoms with Crippen LogP contribution in [0, 0.1) is 11.7 Å². The Morgan fingerprint density at radius 2 is 1.87 bits per heavy atom. The second kappa shape index (κ2) is 4.31. The molecule has 1 aromatic carbocycles. The summed E-state index contributed by atoms with van der Waals surface area (Å²) in [5.41, 5.74) is 1.16. The summed E-state index contributed by atoms with van der Waals surface area (Å²) in [6.07, 6.45) is 2.54. The summed E-state index contributed by atoms with van der Waals surface area (Å²) >= 11 is 0. The van der Waals surface area contributed by atoms with E-state index in [1.165, 1.54) is 25.0 Å². The van der Waals surface area contributed by atoms with Crippen LogP contribution in [0.2, 0.25) is 0 Å². The number of hydrogen-bond donors (Lipinski definition) is 1. The Morgan fingerprint density at radius 1 is 1.27 bits per heavy atom. The number of nitrogens with one attached hydrogen (secondary N) is 1. The molecule has 1 aliphatic rings. The van der Waals surface area contributed by atoms with Crippen LogP contribution in [0.15, 0.2) is 24.3 Å². The van der Waals surface area contributed by atoms with Crippen LogP contribution in [-0.4, -0.2) is 6.04 Å². The topological polar surface area (TPSA) is 12.0 Å². The molecule has 0 amide bonds. The van der Waals surface area contributed by atoms with Crippen molar-refractivity contribution in [3.05, 3.63) is 35.6 Å². The quantitative estimate of drug-likeness (QED) is 0.802. The van der Waals surface area contributed by atoms with Gasteiger partial charge in [0, 0.05) is 12.1 Å². The minimum atomic E-state index is -0.164. The predicted octanol–water partition coefficient (Wildman–Crippen LogP) is 3.27. The third kappa shape index (κ3) is 2.57. The molecule has 0 heterocycles. The van der Waals surface area contributed by atoms with Crippen LogP contribution < -0.4 is 5.32 Å². The van der Waals surface area contributed by atoms with E-state index in [2.05, 4.69) is 19.2 Å². The lowest BCUT2D eigenvalue weighted by atomic mass is 9.81. The highest BCUT2D eigenvalue weighted by atomic mass is 19.1. The fourth-order valence-electron chi connectivity index (χ4n) is 2.24. The monoisotopic (exact) mass is 207 g/mol. The Kier molecular flexibility index (Phi) is 3.06. The van der Waals surface area contributed by atoms with E-state index >= 15 is 0 Å². The van der Waals surface area contributed by atoms with Gasteiger partial charge in [-0.1, -0.05) is 19.1 Å². The van der Waals surface area contributed by atoms with Crippen molar-refractivity contribution in [2.24, 2.45) is 5.92 Å². The summed E-state index contributed by atoms with van der Waals surface area (Å²) in [6.45, 7) is 4.41. The molecule has 0 aromatic heterocycles. The summed E-state index contributed by atoms with van der Waals surface area (Å²) < 4.78 is 12.7. The van der Waals surface area contributed by atoms with Crippen molar-refractivity contribution in [3.63, 3.8) is 0 Å². The van der Waals surface area contributed by atoms with Gasteiger partial charge in [0.2, 0.25) is 0 Å². The molecule has 0 aliphatic heterocycles. The number of hydrogen-bond acceptors (Lipinski definition) is 1. The van der Waals surface area contributed by atoms with Crippen LogP contribution in [0.5, 0.6) is 0 Å². The highest BCUT2D eigenvalue weighted by Gasteiger charge is 2.26. The van der Waals surface area contributed by atoms with E-state index in [9.17, 15) is 4.39 Å². The van der Waals surface area contributed by atoms with Crippen molar-refractivity contribution in [1.29, 1.82) is 0 Å². The second-order valence-corrected chi connectivity index (χ2v) is 4.71. The van der Waals surface area contributed by atoms with Gasteiger partial charge in [0.25, 0.3) is 0 Å². The average molecular weight is 207 g/mol. The lowest BCUT2D eigenvalue weighted by molar-refractivity contribution is 0.226. The largest absolute Gasteiger partial charge is 0.307 e. The van der Waals surface area contributed by atoms with Crippen molar-refractivity contribution in [2.45, 2.75) is 38.8 Å². The van der Waals surface area contributed by atoms with Crippen LogP contribution in [0.3, 0.4) is 0 Å². The van der Waals surface area contributed by atoms with Gasteiger partial charge in [0.15, 0.2) is 0 Å². The zero-order chi connectivity index (χ0) is 10.8. The van der Waals surface area contributed by atoms with Crippen molar-refractivity contribution in [2.75, 3.05) is 0 Å². The SMILES string of the molecule is CC1CC(NC(C)c2ccc(F)cc2)C1. The highest BCUT2D eigenvalue weighted by molar-refractivity contribution is 5.19. The zero-order valence-electron chi connectivity index (χ0n) is 9.33. The van der Waals surface area contributed by atoms with Gasteiger partial charge in [-0.2, -0.15) is 0 Å². The smallest absolute Gasteiger partial charge is 0.123 e. The van der Waals surface area contributed by atoms with Gasteiger partial charge < -0.3 is 5.32 Å². The van der Waals surface area contributed by atoms with Gasteiger partial charge in [-0.05, 0) is 43.4 Å².